The first-order valence-electron chi connectivity index (χ1n) is 7.35. The molecule has 8 nitrogen and oxygen atoms in total. The molecule has 0 saturated carbocycles. The number of nitrogens with zero attached hydrogens (tertiary/aromatic N) is 3. The van der Waals surface area contributed by atoms with Crippen LogP contribution in [0.2, 0.25) is 0 Å². The molecule has 1 amide bonds. The van der Waals surface area contributed by atoms with Gasteiger partial charge in [0.2, 0.25) is 5.91 Å². The maximum Gasteiger partial charge on any atom is 0.280 e. The first-order chi connectivity index (χ1) is 11.9. The third-order valence-corrected chi connectivity index (χ3v) is 3.99. The number of ketones is 1. The van der Waals surface area contributed by atoms with E-state index in [0.717, 1.165) is 23.1 Å². The van der Waals surface area contributed by atoms with Crippen LogP contribution in [0.1, 0.15) is 21.7 Å². The topological polar surface area (TPSA) is 115 Å². The lowest BCUT2D eigenvalue weighted by Crippen LogP contribution is -2.31. The molecule has 0 radical (unpaired) electrons. The molecule has 1 aromatic carbocycles. The van der Waals surface area contributed by atoms with E-state index in [1.165, 1.54) is 24.3 Å². The summed E-state index contributed by atoms with van der Waals surface area (Å²) in [5, 5.41) is 13.9. The molecule has 2 aromatic rings. The highest BCUT2D eigenvalue weighted by atomic mass is 32.2. The zero-order chi connectivity index (χ0) is 18.4. The predicted octanol–water partition coefficient (Wildman–Crippen LogP) is 2.09. The molecule has 0 aliphatic carbocycles. The Morgan fingerprint density at radius 2 is 1.84 bits per heavy atom. The zero-order valence-electron chi connectivity index (χ0n) is 13.7. The fourth-order valence-corrected chi connectivity index (χ4v) is 2.86. The van der Waals surface area contributed by atoms with Crippen molar-refractivity contribution in [3.05, 3.63) is 57.4 Å². The molecule has 0 fully saturated rings. The van der Waals surface area contributed by atoms with Crippen LogP contribution < -0.4 is 5.32 Å². The molecule has 1 N–H and O–H groups in total. The van der Waals surface area contributed by atoms with Crippen molar-refractivity contribution in [2.45, 2.75) is 19.0 Å². The van der Waals surface area contributed by atoms with Crippen molar-refractivity contribution in [3.8, 4) is 0 Å². The van der Waals surface area contributed by atoms with Crippen LogP contribution in [-0.4, -0.2) is 38.9 Å². The number of amides is 1. The van der Waals surface area contributed by atoms with Crippen molar-refractivity contribution in [1.82, 2.24) is 15.3 Å². The molecule has 25 heavy (non-hydrogen) atoms. The lowest BCUT2D eigenvalue weighted by molar-refractivity contribution is -0.385. The molecule has 0 unspecified atom stereocenters. The smallest absolute Gasteiger partial charge is 0.280 e. The number of nitro benzene ring substituents is 1. The SMILES string of the molecule is Cc1cc(C)nc(SCC(=O)NCC(=O)c2ccccc2[N+](=O)[O-])n1. The fourth-order valence-electron chi connectivity index (χ4n) is 2.08. The molecular weight excluding hydrogens is 344 g/mol. The number of benzene rings is 1. The Morgan fingerprint density at radius 1 is 1.20 bits per heavy atom. The summed E-state index contributed by atoms with van der Waals surface area (Å²) in [4.78, 5) is 42.7. The summed E-state index contributed by atoms with van der Waals surface area (Å²) in [5.41, 5.74) is 1.31. The largest absolute Gasteiger partial charge is 0.348 e. The Bertz CT molecular complexity index is 805. The van der Waals surface area contributed by atoms with Crippen molar-refractivity contribution in [2.75, 3.05) is 12.3 Å². The molecule has 0 bridgehead atoms. The van der Waals surface area contributed by atoms with E-state index < -0.39 is 10.7 Å². The van der Waals surface area contributed by atoms with E-state index >= 15 is 0 Å². The second-order valence-electron chi connectivity index (χ2n) is 5.20. The zero-order valence-corrected chi connectivity index (χ0v) is 14.5. The molecule has 1 heterocycles. The molecule has 9 heteroatoms. The van der Waals surface area contributed by atoms with Gasteiger partial charge in [0.15, 0.2) is 10.9 Å². The number of nitro groups is 1. The number of aryl methyl sites for hydroxylation is 2. The molecule has 0 atom stereocenters. The molecular formula is C16H16N4O4S. The minimum absolute atomic E-state index is 0.0295. The Hall–Kier alpha value is -2.81. The number of thioether (sulfide) groups is 1. The Balaban J connectivity index is 1.89. The lowest BCUT2D eigenvalue weighted by atomic mass is 10.1. The average molecular weight is 360 g/mol. The minimum atomic E-state index is -0.623. The summed E-state index contributed by atoms with van der Waals surface area (Å²) < 4.78 is 0. The van der Waals surface area contributed by atoms with Gasteiger partial charge in [-0.3, -0.25) is 19.7 Å². The van der Waals surface area contributed by atoms with Crippen molar-refractivity contribution in [3.63, 3.8) is 0 Å². The molecule has 0 aliphatic heterocycles. The third-order valence-electron chi connectivity index (χ3n) is 3.14. The number of aromatic nitrogens is 2. The maximum absolute atomic E-state index is 12.1. The van der Waals surface area contributed by atoms with Crippen molar-refractivity contribution >= 4 is 29.1 Å². The number of Topliss-reactive ketones (excluding diaryl/α,β-unsaturated/α-hetero) is 1. The van der Waals surface area contributed by atoms with Crippen LogP contribution >= 0.6 is 11.8 Å². The van der Waals surface area contributed by atoms with E-state index in [2.05, 4.69) is 15.3 Å². The Morgan fingerprint density at radius 3 is 2.48 bits per heavy atom. The van der Waals surface area contributed by atoms with Gasteiger partial charge in [-0.1, -0.05) is 23.9 Å². The van der Waals surface area contributed by atoms with Crippen LogP contribution in [0.3, 0.4) is 0 Å². The fraction of sp³-hybridized carbons (Fsp3) is 0.250. The first kappa shape index (κ1) is 18.5. The second kappa shape index (κ2) is 8.34. The molecule has 2 rings (SSSR count). The van der Waals surface area contributed by atoms with Crippen molar-refractivity contribution in [1.29, 1.82) is 0 Å². The van der Waals surface area contributed by atoms with E-state index in [1.807, 2.05) is 19.9 Å². The van der Waals surface area contributed by atoms with Crippen LogP contribution in [0.4, 0.5) is 5.69 Å². The highest BCUT2D eigenvalue weighted by Crippen LogP contribution is 2.18. The van der Waals surface area contributed by atoms with Gasteiger partial charge in [0.05, 0.1) is 22.8 Å². The summed E-state index contributed by atoms with van der Waals surface area (Å²) in [6.07, 6.45) is 0. The first-order valence-corrected chi connectivity index (χ1v) is 8.34. The summed E-state index contributed by atoms with van der Waals surface area (Å²) >= 11 is 1.16. The van der Waals surface area contributed by atoms with Crippen molar-refractivity contribution in [2.24, 2.45) is 0 Å². The van der Waals surface area contributed by atoms with E-state index in [9.17, 15) is 19.7 Å². The monoisotopic (exact) mass is 360 g/mol. The Labute approximate surface area is 148 Å². The van der Waals surface area contributed by atoms with Gasteiger partial charge in [-0.2, -0.15) is 0 Å². The highest BCUT2D eigenvalue weighted by Gasteiger charge is 2.19. The minimum Gasteiger partial charge on any atom is -0.348 e. The van der Waals surface area contributed by atoms with Gasteiger partial charge in [0, 0.05) is 17.5 Å². The molecule has 1 aromatic heterocycles. The van der Waals surface area contributed by atoms with Crippen LogP contribution in [0, 0.1) is 24.0 Å². The normalized spacial score (nSPS) is 10.3. The van der Waals surface area contributed by atoms with Crippen molar-refractivity contribution < 1.29 is 14.5 Å². The van der Waals surface area contributed by atoms with E-state index in [-0.39, 0.29) is 29.5 Å². The number of carbonyl (C=O) groups is 2. The molecule has 0 saturated heterocycles. The van der Waals surface area contributed by atoms with E-state index in [4.69, 9.17) is 0 Å². The standard InChI is InChI=1S/C16H16N4O4S/c1-10-7-11(2)19-16(18-10)25-9-15(22)17-8-14(21)12-5-3-4-6-13(12)20(23)24/h3-7H,8-9H2,1-2H3,(H,17,22). The third kappa shape index (κ3) is 5.35. The highest BCUT2D eigenvalue weighted by molar-refractivity contribution is 7.99. The number of hydrogen-bond acceptors (Lipinski definition) is 7. The summed E-state index contributed by atoms with van der Waals surface area (Å²) in [7, 11) is 0. The number of rotatable bonds is 7. The van der Waals surface area contributed by atoms with Crippen LogP contribution in [0.15, 0.2) is 35.5 Å². The van der Waals surface area contributed by atoms with E-state index in [1.54, 1.807) is 0 Å². The Kier molecular flexibility index (Phi) is 6.18. The number of hydrogen-bond donors (Lipinski definition) is 1. The summed E-state index contributed by atoms with van der Waals surface area (Å²) in [5.74, 6) is -0.847. The predicted molar refractivity (Wildman–Crippen MR) is 92.7 cm³/mol. The number of para-hydroxylation sites is 1. The van der Waals surface area contributed by atoms with E-state index in [0.29, 0.717) is 5.16 Å². The lowest BCUT2D eigenvalue weighted by Gasteiger charge is -2.06. The van der Waals surface area contributed by atoms with Gasteiger partial charge in [-0.05, 0) is 26.0 Å². The van der Waals surface area contributed by atoms with Gasteiger partial charge < -0.3 is 5.32 Å². The second-order valence-corrected chi connectivity index (χ2v) is 6.14. The van der Waals surface area contributed by atoms with Gasteiger partial charge in [0.25, 0.3) is 5.69 Å². The van der Waals surface area contributed by atoms with Gasteiger partial charge in [0.1, 0.15) is 0 Å². The van der Waals surface area contributed by atoms with Crippen LogP contribution in [0.25, 0.3) is 0 Å². The quantitative estimate of drug-likeness (QED) is 0.264. The molecule has 130 valence electrons. The number of carbonyl (C=O) groups excluding carboxylic acids is 2. The molecule has 0 aliphatic rings. The number of nitrogens with one attached hydrogen (secondary N) is 1. The van der Waals surface area contributed by atoms with Crippen LogP contribution in [0.5, 0.6) is 0 Å². The van der Waals surface area contributed by atoms with Gasteiger partial charge in [-0.25, -0.2) is 9.97 Å². The maximum atomic E-state index is 12.1. The summed E-state index contributed by atoms with van der Waals surface area (Å²) in [6.45, 7) is 3.37. The van der Waals surface area contributed by atoms with Crippen LogP contribution in [-0.2, 0) is 4.79 Å². The van der Waals surface area contributed by atoms with Gasteiger partial charge >= 0.3 is 0 Å². The van der Waals surface area contributed by atoms with Gasteiger partial charge in [-0.15, -0.1) is 0 Å². The average Bonchev–Trinajstić information content (AvgIpc) is 2.57. The summed E-state index contributed by atoms with van der Waals surface area (Å²) in [6, 6.07) is 7.46. The molecule has 0 spiro atoms.